The molecule has 0 amide bonds. The van der Waals surface area contributed by atoms with Crippen LogP contribution in [0.2, 0.25) is 5.02 Å². The van der Waals surface area contributed by atoms with E-state index >= 15 is 0 Å². The summed E-state index contributed by atoms with van der Waals surface area (Å²) < 4.78 is 13.6. The normalized spacial score (nSPS) is 11.0. The molecule has 1 aromatic heterocycles. The van der Waals surface area contributed by atoms with E-state index in [1.54, 1.807) is 13.2 Å². The van der Waals surface area contributed by atoms with E-state index in [1.807, 2.05) is 71.4 Å². The van der Waals surface area contributed by atoms with Gasteiger partial charge in [-0.15, -0.1) is 0 Å². The molecule has 1 heterocycles. The minimum atomic E-state index is -0.889. The Balaban J connectivity index is 1.84. The first-order chi connectivity index (χ1) is 17.3. The number of nitrogens with zero attached hydrogens (tertiary/aromatic N) is 2. The van der Waals surface area contributed by atoms with E-state index in [-0.39, 0.29) is 6.42 Å². The van der Waals surface area contributed by atoms with Crippen LogP contribution in [0.4, 0.5) is 0 Å². The second kappa shape index (κ2) is 11.3. The maximum Gasteiger partial charge on any atom is 0.307 e. The van der Waals surface area contributed by atoms with Crippen LogP contribution in [0.3, 0.4) is 0 Å². The fraction of sp³-hybridized carbons (Fsp3) is 0.241. The molecule has 0 unspecified atom stereocenters. The molecule has 1 N–H and O–H groups in total. The third kappa shape index (κ3) is 6.07. The molecule has 36 heavy (non-hydrogen) atoms. The van der Waals surface area contributed by atoms with Gasteiger partial charge in [0.05, 0.1) is 38.1 Å². The molecule has 0 saturated heterocycles. The van der Waals surface area contributed by atoms with Crippen molar-refractivity contribution in [3.05, 3.63) is 88.9 Å². The van der Waals surface area contributed by atoms with E-state index in [2.05, 4.69) is 13.8 Å². The van der Waals surface area contributed by atoms with Crippen molar-refractivity contribution in [2.45, 2.75) is 26.8 Å². The molecule has 7 heteroatoms. The van der Waals surface area contributed by atoms with Crippen molar-refractivity contribution in [3.63, 3.8) is 0 Å². The molecule has 6 nitrogen and oxygen atoms in total. The Labute approximate surface area is 216 Å². The number of aromatic nitrogens is 2. The molecule has 0 saturated carbocycles. The molecule has 0 aliphatic heterocycles. The molecule has 0 spiro atoms. The molecular weight excluding hydrogens is 476 g/mol. The van der Waals surface area contributed by atoms with Gasteiger partial charge in [0.1, 0.15) is 11.5 Å². The van der Waals surface area contributed by atoms with Crippen LogP contribution in [0, 0.1) is 5.92 Å². The van der Waals surface area contributed by atoms with Gasteiger partial charge in [0, 0.05) is 16.1 Å². The molecule has 0 bridgehead atoms. The first kappa shape index (κ1) is 25.3. The number of carboxylic acids is 1. The van der Waals surface area contributed by atoms with Crippen molar-refractivity contribution < 1.29 is 19.4 Å². The number of methoxy groups -OCH3 is 1. The highest BCUT2D eigenvalue weighted by Gasteiger charge is 2.18. The van der Waals surface area contributed by atoms with E-state index in [1.165, 1.54) is 0 Å². The van der Waals surface area contributed by atoms with Gasteiger partial charge in [-0.1, -0.05) is 61.8 Å². The van der Waals surface area contributed by atoms with Crippen molar-refractivity contribution in [3.8, 4) is 34.0 Å². The quantitative estimate of drug-likeness (QED) is 0.264. The Morgan fingerprint density at radius 3 is 2.47 bits per heavy atom. The summed E-state index contributed by atoms with van der Waals surface area (Å²) >= 11 is 6.15. The van der Waals surface area contributed by atoms with Gasteiger partial charge in [0.25, 0.3) is 0 Å². The van der Waals surface area contributed by atoms with Crippen molar-refractivity contribution in [1.82, 2.24) is 9.78 Å². The van der Waals surface area contributed by atoms with Crippen molar-refractivity contribution in [2.75, 3.05) is 13.7 Å². The molecule has 0 fully saturated rings. The Kier molecular flexibility index (Phi) is 7.96. The molecule has 0 atom stereocenters. The number of rotatable bonds is 10. The summed E-state index contributed by atoms with van der Waals surface area (Å²) in [4.78, 5) is 11.4. The van der Waals surface area contributed by atoms with Crippen molar-refractivity contribution >= 4 is 17.6 Å². The lowest BCUT2D eigenvalue weighted by molar-refractivity contribution is -0.136. The van der Waals surface area contributed by atoms with Gasteiger partial charge in [0.2, 0.25) is 0 Å². The van der Waals surface area contributed by atoms with E-state index in [4.69, 9.17) is 26.2 Å². The number of benzene rings is 3. The van der Waals surface area contributed by atoms with Gasteiger partial charge >= 0.3 is 5.97 Å². The lowest BCUT2D eigenvalue weighted by atomic mass is 10.0. The molecule has 0 aliphatic carbocycles. The van der Waals surface area contributed by atoms with Gasteiger partial charge in [-0.2, -0.15) is 5.10 Å². The second-order valence-corrected chi connectivity index (χ2v) is 9.43. The molecule has 0 radical (unpaired) electrons. The first-order valence-corrected chi connectivity index (χ1v) is 12.2. The van der Waals surface area contributed by atoms with Crippen LogP contribution in [-0.2, 0) is 17.8 Å². The number of carbonyl (C=O) groups is 1. The summed E-state index contributed by atoms with van der Waals surface area (Å²) in [6.07, 6.45) is -0.0799. The van der Waals surface area contributed by atoms with E-state index in [0.29, 0.717) is 41.1 Å². The van der Waals surface area contributed by atoms with Gasteiger partial charge < -0.3 is 14.6 Å². The van der Waals surface area contributed by atoms with E-state index in [0.717, 1.165) is 28.1 Å². The summed E-state index contributed by atoms with van der Waals surface area (Å²) in [7, 11) is 1.65. The maximum absolute atomic E-state index is 11.4. The van der Waals surface area contributed by atoms with Gasteiger partial charge in [0.15, 0.2) is 0 Å². The van der Waals surface area contributed by atoms with Crippen LogP contribution >= 0.6 is 11.6 Å². The van der Waals surface area contributed by atoms with Gasteiger partial charge in [-0.3, -0.25) is 9.48 Å². The van der Waals surface area contributed by atoms with Crippen LogP contribution in [0.25, 0.3) is 22.5 Å². The lowest BCUT2D eigenvalue weighted by Gasteiger charge is -2.13. The lowest BCUT2D eigenvalue weighted by Crippen LogP contribution is -2.07. The maximum atomic E-state index is 11.4. The molecule has 0 aliphatic rings. The monoisotopic (exact) mass is 504 g/mol. The third-order valence-electron chi connectivity index (χ3n) is 5.68. The third-order valence-corrected chi connectivity index (χ3v) is 5.93. The molecule has 4 aromatic rings. The zero-order valence-electron chi connectivity index (χ0n) is 20.6. The first-order valence-electron chi connectivity index (χ1n) is 11.8. The number of carboxylic acid groups (broad SMARTS) is 1. The summed E-state index contributed by atoms with van der Waals surface area (Å²) in [6, 6.07) is 22.9. The highest BCUT2D eigenvalue weighted by molar-refractivity contribution is 6.30. The minimum Gasteiger partial charge on any atom is -0.496 e. The van der Waals surface area contributed by atoms with Crippen LogP contribution in [0.15, 0.2) is 72.8 Å². The number of halogens is 1. The van der Waals surface area contributed by atoms with Crippen LogP contribution in [-0.4, -0.2) is 34.6 Å². The number of para-hydroxylation sites is 1. The number of ether oxygens (including phenoxy) is 2. The Hall–Kier alpha value is -3.77. The molecule has 3 aromatic carbocycles. The van der Waals surface area contributed by atoms with Crippen LogP contribution in [0.1, 0.15) is 25.0 Å². The Bertz CT molecular complexity index is 1350. The second-order valence-electron chi connectivity index (χ2n) is 9.00. The van der Waals surface area contributed by atoms with Crippen molar-refractivity contribution in [2.24, 2.45) is 5.92 Å². The van der Waals surface area contributed by atoms with E-state index in [9.17, 15) is 9.90 Å². The van der Waals surface area contributed by atoms with Gasteiger partial charge in [-0.25, -0.2) is 0 Å². The highest BCUT2D eigenvalue weighted by Crippen LogP contribution is 2.35. The summed E-state index contributed by atoms with van der Waals surface area (Å²) in [5, 5.41) is 14.9. The van der Waals surface area contributed by atoms with Crippen LogP contribution in [0.5, 0.6) is 11.5 Å². The summed E-state index contributed by atoms with van der Waals surface area (Å²) in [5.41, 5.74) is 4.97. The SMILES string of the molecule is COc1ccccc1Cn1nc(-c2cc(CC(=O)O)ccc2OCC(C)C)cc1-c1ccc(Cl)cc1. The predicted molar refractivity (Wildman–Crippen MR) is 142 cm³/mol. The summed E-state index contributed by atoms with van der Waals surface area (Å²) in [6.45, 7) is 5.19. The smallest absolute Gasteiger partial charge is 0.307 e. The molecule has 4 rings (SSSR count). The van der Waals surface area contributed by atoms with E-state index < -0.39 is 5.97 Å². The highest BCUT2D eigenvalue weighted by atomic mass is 35.5. The summed E-state index contributed by atoms with van der Waals surface area (Å²) in [5.74, 6) is 0.896. The Morgan fingerprint density at radius 2 is 1.78 bits per heavy atom. The minimum absolute atomic E-state index is 0.0799. The topological polar surface area (TPSA) is 73.6 Å². The zero-order valence-corrected chi connectivity index (χ0v) is 21.3. The van der Waals surface area contributed by atoms with Gasteiger partial charge in [-0.05, 0) is 53.4 Å². The molecule has 186 valence electrons. The fourth-order valence-corrected chi connectivity index (χ4v) is 4.09. The number of hydrogen-bond donors (Lipinski definition) is 1. The predicted octanol–water partition coefficient (Wildman–Crippen LogP) is 6.59. The van der Waals surface area contributed by atoms with Crippen LogP contribution < -0.4 is 9.47 Å². The largest absolute Gasteiger partial charge is 0.496 e. The standard InChI is InChI=1S/C29H29ClN2O4/c1-19(2)18-36-28-13-8-20(15-29(33)34)14-24(28)25-16-26(21-9-11-23(30)12-10-21)32(31-25)17-22-6-4-5-7-27(22)35-3/h4-14,16,19H,15,17-18H2,1-3H3,(H,33,34). The Morgan fingerprint density at radius 1 is 1.03 bits per heavy atom. The average Bonchev–Trinajstić information content (AvgIpc) is 3.27. The number of aliphatic carboxylic acids is 1. The molecular formula is C29H29ClN2O4. The fourth-order valence-electron chi connectivity index (χ4n) is 3.96. The average molecular weight is 505 g/mol. The number of hydrogen-bond acceptors (Lipinski definition) is 4. The zero-order chi connectivity index (χ0) is 25.7. The van der Waals surface area contributed by atoms with Crippen molar-refractivity contribution in [1.29, 1.82) is 0 Å².